The number of likely N-dealkylation sites (tertiary alicyclic amines) is 2. The Bertz CT molecular complexity index is 846. The highest BCUT2D eigenvalue weighted by atomic mass is 32.2. The van der Waals surface area contributed by atoms with Gasteiger partial charge in [0.25, 0.3) is 0 Å². The maximum atomic E-state index is 13.1. The second-order valence-corrected chi connectivity index (χ2v) is 10.3. The van der Waals surface area contributed by atoms with Crippen LogP contribution in [0, 0.1) is 11.8 Å². The molecule has 3 rings (SSSR count). The Morgan fingerprint density at radius 3 is 2.52 bits per heavy atom. The summed E-state index contributed by atoms with van der Waals surface area (Å²) in [6.07, 6.45) is 4.81. The summed E-state index contributed by atoms with van der Waals surface area (Å²) in [7, 11) is -3.23. The second-order valence-electron chi connectivity index (χ2n) is 8.50. The molecule has 2 aliphatic heterocycles. The highest BCUT2D eigenvalue weighted by molar-refractivity contribution is 7.88. The zero-order chi connectivity index (χ0) is 22.3. The first-order chi connectivity index (χ1) is 14.8. The summed E-state index contributed by atoms with van der Waals surface area (Å²) in [4.78, 5) is 29.4. The largest absolute Gasteiger partial charge is 0.493 e. The SMILES string of the molecule is CS(=O)(=O)NCC1CCCN(C(=O)C2CCCN(C(=O)CCOc3ccccc3)C2)C1. The minimum atomic E-state index is -3.23. The molecular formula is C22H33N3O5S. The summed E-state index contributed by atoms with van der Waals surface area (Å²) in [6, 6.07) is 9.41. The van der Waals surface area contributed by atoms with Gasteiger partial charge in [0.05, 0.1) is 25.2 Å². The minimum absolute atomic E-state index is 0.0160. The normalized spacial score (nSPS) is 22.2. The van der Waals surface area contributed by atoms with Gasteiger partial charge >= 0.3 is 0 Å². The van der Waals surface area contributed by atoms with Crippen LogP contribution in [0.1, 0.15) is 32.1 Å². The van der Waals surface area contributed by atoms with Crippen LogP contribution >= 0.6 is 0 Å². The number of rotatable bonds is 8. The zero-order valence-electron chi connectivity index (χ0n) is 18.2. The highest BCUT2D eigenvalue weighted by Gasteiger charge is 2.33. The Labute approximate surface area is 185 Å². The van der Waals surface area contributed by atoms with E-state index < -0.39 is 10.0 Å². The van der Waals surface area contributed by atoms with Crippen molar-refractivity contribution in [3.05, 3.63) is 30.3 Å². The number of nitrogens with one attached hydrogen (secondary N) is 1. The van der Waals surface area contributed by atoms with E-state index in [2.05, 4.69) is 4.72 Å². The molecule has 2 saturated heterocycles. The van der Waals surface area contributed by atoms with Crippen LogP contribution in [-0.4, -0.2) is 75.6 Å². The van der Waals surface area contributed by atoms with Crippen LogP contribution < -0.4 is 9.46 Å². The van der Waals surface area contributed by atoms with E-state index in [-0.39, 0.29) is 23.7 Å². The molecule has 2 fully saturated rings. The Hall–Kier alpha value is -2.13. The number of piperidine rings is 2. The summed E-state index contributed by atoms with van der Waals surface area (Å²) in [5.41, 5.74) is 0. The average molecular weight is 452 g/mol. The van der Waals surface area contributed by atoms with Gasteiger partial charge in [-0.25, -0.2) is 13.1 Å². The van der Waals surface area contributed by atoms with Crippen molar-refractivity contribution in [1.29, 1.82) is 0 Å². The molecule has 0 saturated carbocycles. The third-order valence-electron chi connectivity index (χ3n) is 5.92. The van der Waals surface area contributed by atoms with Crippen molar-refractivity contribution in [3.8, 4) is 5.75 Å². The predicted octanol–water partition coefficient (Wildman–Crippen LogP) is 1.48. The quantitative estimate of drug-likeness (QED) is 0.646. The molecule has 2 aliphatic rings. The van der Waals surface area contributed by atoms with Gasteiger partial charge in [-0.05, 0) is 43.7 Å². The minimum Gasteiger partial charge on any atom is -0.493 e. The number of ether oxygens (including phenoxy) is 1. The molecule has 0 bridgehead atoms. The number of amides is 2. The van der Waals surface area contributed by atoms with Crippen LogP contribution in [0.5, 0.6) is 5.75 Å². The number of benzene rings is 1. The van der Waals surface area contributed by atoms with Crippen LogP contribution in [0.4, 0.5) is 0 Å². The molecule has 8 nitrogen and oxygen atoms in total. The molecular weight excluding hydrogens is 418 g/mol. The van der Waals surface area contributed by atoms with Gasteiger partial charge in [-0.15, -0.1) is 0 Å². The smallest absolute Gasteiger partial charge is 0.227 e. The Morgan fingerprint density at radius 1 is 1.06 bits per heavy atom. The van der Waals surface area contributed by atoms with E-state index in [4.69, 9.17) is 4.74 Å². The van der Waals surface area contributed by atoms with Crippen LogP contribution in [-0.2, 0) is 19.6 Å². The number of carbonyl (C=O) groups excluding carboxylic acids is 2. The van der Waals surface area contributed by atoms with E-state index in [9.17, 15) is 18.0 Å². The lowest BCUT2D eigenvalue weighted by molar-refractivity contribution is -0.142. The third kappa shape index (κ3) is 7.50. The number of nitrogens with zero attached hydrogens (tertiary/aromatic N) is 2. The maximum Gasteiger partial charge on any atom is 0.227 e. The van der Waals surface area contributed by atoms with Crippen LogP contribution in [0.2, 0.25) is 0 Å². The van der Waals surface area contributed by atoms with E-state index in [1.54, 1.807) is 4.90 Å². The van der Waals surface area contributed by atoms with E-state index in [1.165, 1.54) is 0 Å². The zero-order valence-corrected chi connectivity index (χ0v) is 19.0. The van der Waals surface area contributed by atoms with Crippen LogP contribution in [0.3, 0.4) is 0 Å². The van der Waals surface area contributed by atoms with Crippen LogP contribution in [0.15, 0.2) is 30.3 Å². The van der Waals surface area contributed by atoms with E-state index in [0.29, 0.717) is 45.8 Å². The number of hydrogen-bond donors (Lipinski definition) is 1. The monoisotopic (exact) mass is 451 g/mol. The van der Waals surface area contributed by atoms with Gasteiger partial charge in [0, 0.05) is 32.7 Å². The van der Waals surface area contributed by atoms with Crippen molar-refractivity contribution >= 4 is 21.8 Å². The molecule has 2 unspecified atom stereocenters. The van der Waals surface area contributed by atoms with Crippen molar-refractivity contribution in [1.82, 2.24) is 14.5 Å². The lowest BCUT2D eigenvalue weighted by Gasteiger charge is -2.38. The van der Waals surface area contributed by atoms with Gasteiger partial charge in [0.2, 0.25) is 21.8 Å². The van der Waals surface area contributed by atoms with Crippen molar-refractivity contribution in [3.63, 3.8) is 0 Å². The van der Waals surface area contributed by atoms with Gasteiger partial charge in [-0.2, -0.15) is 0 Å². The second kappa shape index (κ2) is 10.9. The lowest BCUT2D eigenvalue weighted by atomic mass is 9.93. The summed E-state index contributed by atoms with van der Waals surface area (Å²) in [6.45, 7) is 3.07. The fourth-order valence-electron chi connectivity index (χ4n) is 4.30. The fraction of sp³-hybridized carbons (Fsp3) is 0.636. The molecule has 2 heterocycles. The van der Waals surface area contributed by atoms with Crippen molar-refractivity contribution in [2.75, 3.05) is 45.6 Å². The molecule has 0 aliphatic carbocycles. The molecule has 172 valence electrons. The molecule has 2 atom stereocenters. The number of para-hydroxylation sites is 1. The van der Waals surface area contributed by atoms with E-state index in [1.807, 2.05) is 35.2 Å². The van der Waals surface area contributed by atoms with E-state index >= 15 is 0 Å². The maximum absolute atomic E-state index is 13.1. The summed E-state index contributed by atoms with van der Waals surface area (Å²) < 4.78 is 30.9. The standard InChI is InChI=1S/C22H33N3O5S/c1-31(28,29)23-15-18-7-5-13-25(16-18)22(27)19-8-6-12-24(17-19)21(26)11-14-30-20-9-3-2-4-10-20/h2-4,9-10,18-19,23H,5-8,11-17H2,1H3. The topological polar surface area (TPSA) is 96.0 Å². The summed E-state index contributed by atoms with van der Waals surface area (Å²) >= 11 is 0. The molecule has 31 heavy (non-hydrogen) atoms. The third-order valence-corrected chi connectivity index (χ3v) is 6.61. The van der Waals surface area contributed by atoms with Crippen molar-refractivity contribution in [2.45, 2.75) is 32.1 Å². The number of hydrogen-bond acceptors (Lipinski definition) is 5. The predicted molar refractivity (Wildman–Crippen MR) is 118 cm³/mol. The van der Waals surface area contributed by atoms with Crippen molar-refractivity contribution < 1.29 is 22.7 Å². The molecule has 9 heteroatoms. The number of carbonyl (C=O) groups is 2. The Kier molecular flexibility index (Phi) is 8.31. The molecule has 0 radical (unpaired) electrons. The van der Waals surface area contributed by atoms with Crippen molar-refractivity contribution in [2.24, 2.45) is 11.8 Å². The molecule has 1 aromatic carbocycles. The molecule has 0 aromatic heterocycles. The van der Waals surface area contributed by atoms with Gasteiger partial charge in [0.1, 0.15) is 5.75 Å². The first-order valence-corrected chi connectivity index (χ1v) is 12.9. The molecule has 2 amide bonds. The average Bonchev–Trinajstić information content (AvgIpc) is 2.77. The molecule has 1 N–H and O–H groups in total. The van der Waals surface area contributed by atoms with Gasteiger partial charge < -0.3 is 14.5 Å². The van der Waals surface area contributed by atoms with Gasteiger partial charge in [0.15, 0.2) is 0 Å². The summed E-state index contributed by atoms with van der Waals surface area (Å²) in [5, 5.41) is 0. The number of sulfonamides is 1. The van der Waals surface area contributed by atoms with E-state index in [0.717, 1.165) is 37.7 Å². The van der Waals surface area contributed by atoms with Gasteiger partial charge in [-0.3, -0.25) is 9.59 Å². The Morgan fingerprint density at radius 2 is 1.77 bits per heavy atom. The summed E-state index contributed by atoms with van der Waals surface area (Å²) in [5.74, 6) is 0.787. The van der Waals surface area contributed by atoms with Crippen LogP contribution in [0.25, 0.3) is 0 Å². The molecule has 0 spiro atoms. The Balaban J connectivity index is 1.46. The first kappa shape index (κ1) is 23.5. The lowest BCUT2D eigenvalue weighted by Crippen LogP contribution is -2.50. The first-order valence-electron chi connectivity index (χ1n) is 11.0. The molecule has 1 aromatic rings. The van der Waals surface area contributed by atoms with Gasteiger partial charge in [-0.1, -0.05) is 18.2 Å². The highest BCUT2D eigenvalue weighted by Crippen LogP contribution is 2.23. The fourth-order valence-corrected chi connectivity index (χ4v) is 4.83.